The van der Waals surface area contributed by atoms with Crippen molar-refractivity contribution in [3.63, 3.8) is 0 Å². The van der Waals surface area contributed by atoms with Gasteiger partial charge in [-0.1, -0.05) is 6.07 Å². The molecule has 2 heterocycles. The highest BCUT2D eigenvalue weighted by Crippen LogP contribution is 2.17. The summed E-state index contributed by atoms with van der Waals surface area (Å²) >= 11 is 1.38. The molecule has 2 N–H and O–H groups in total. The van der Waals surface area contributed by atoms with Crippen LogP contribution in [0.1, 0.15) is 28.9 Å². The van der Waals surface area contributed by atoms with Crippen molar-refractivity contribution < 1.29 is 19.5 Å². The summed E-state index contributed by atoms with van der Waals surface area (Å²) in [5, 5.41) is 13.5. The van der Waals surface area contributed by atoms with Crippen LogP contribution in [-0.2, 0) is 9.59 Å². The first-order valence-electron chi connectivity index (χ1n) is 6.90. The minimum atomic E-state index is -0.839. The van der Waals surface area contributed by atoms with Gasteiger partial charge in [0.1, 0.15) is 0 Å². The molecule has 0 aliphatic carbocycles. The summed E-state index contributed by atoms with van der Waals surface area (Å²) in [5.74, 6) is -1.44. The van der Waals surface area contributed by atoms with Gasteiger partial charge in [-0.2, -0.15) is 0 Å². The van der Waals surface area contributed by atoms with E-state index in [-0.39, 0.29) is 11.8 Å². The molecule has 2 amide bonds. The third kappa shape index (κ3) is 4.29. The minimum Gasteiger partial charge on any atom is -0.481 e. The maximum Gasteiger partial charge on any atom is 0.308 e. The Labute approximate surface area is 126 Å². The van der Waals surface area contributed by atoms with Crippen molar-refractivity contribution in [2.75, 3.05) is 19.6 Å². The SMILES string of the molecule is O=C(NCCCC(=O)N1CCC(C(=O)O)C1)c1cccs1. The van der Waals surface area contributed by atoms with E-state index in [1.165, 1.54) is 11.3 Å². The van der Waals surface area contributed by atoms with E-state index in [9.17, 15) is 14.4 Å². The molecule has 2 rings (SSSR count). The third-order valence-corrected chi connectivity index (χ3v) is 4.36. The molecule has 1 fully saturated rings. The summed E-state index contributed by atoms with van der Waals surface area (Å²) in [6.07, 6.45) is 1.41. The van der Waals surface area contributed by atoms with E-state index in [1.807, 2.05) is 11.4 Å². The fourth-order valence-corrected chi connectivity index (χ4v) is 2.92. The molecule has 1 saturated heterocycles. The highest BCUT2D eigenvalue weighted by Gasteiger charge is 2.30. The molecule has 0 bridgehead atoms. The van der Waals surface area contributed by atoms with Gasteiger partial charge in [-0.25, -0.2) is 0 Å². The van der Waals surface area contributed by atoms with Gasteiger partial charge in [0.2, 0.25) is 5.91 Å². The number of carboxylic acids is 1. The number of hydrogen-bond donors (Lipinski definition) is 2. The summed E-state index contributed by atoms with van der Waals surface area (Å²) in [7, 11) is 0. The van der Waals surface area contributed by atoms with Gasteiger partial charge in [-0.3, -0.25) is 14.4 Å². The fourth-order valence-electron chi connectivity index (χ4n) is 2.28. The van der Waals surface area contributed by atoms with Gasteiger partial charge in [0.15, 0.2) is 0 Å². The van der Waals surface area contributed by atoms with Crippen LogP contribution >= 0.6 is 11.3 Å². The molecule has 0 radical (unpaired) electrons. The summed E-state index contributed by atoms with van der Waals surface area (Å²) in [5.41, 5.74) is 0. The van der Waals surface area contributed by atoms with Gasteiger partial charge in [0.25, 0.3) is 5.91 Å². The Morgan fingerprint density at radius 1 is 1.43 bits per heavy atom. The Kier molecular flexibility index (Phi) is 5.32. The van der Waals surface area contributed by atoms with Crippen LogP contribution in [0.4, 0.5) is 0 Å². The van der Waals surface area contributed by atoms with Gasteiger partial charge >= 0.3 is 5.97 Å². The lowest BCUT2D eigenvalue weighted by Crippen LogP contribution is -2.31. The number of aliphatic carboxylic acids is 1. The zero-order chi connectivity index (χ0) is 15.2. The van der Waals surface area contributed by atoms with Crippen LogP contribution in [0.25, 0.3) is 0 Å². The molecule has 1 aromatic heterocycles. The summed E-state index contributed by atoms with van der Waals surface area (Å²) in [6, 6.07) is 3.57. The molecule has 0 spiro atoms. The van der Waals surface area contributed by atoms with Crippen LogP contribution in [0.15, 0.2) is 17.5 Å². The second kappa shape index (κ2) is 7.21. The molecule has 1 aromatic rings. The molecular formula is C14H18N2O4S. The number of carboxylic acid groups (broad SMARTS) is 1. The number of thiophene rings is 1. The van der Waals surface area contributed by atoms with Crippen molar-refractivity contribution >= 4 is 29.1 Å². The van der Waals surface area contributed by atoms with Crippen molar-refractivity contribution in [2.45, 2.75) is 19.3 Å². The maximum absolute atomic E-state index is 11.9. The van der Waals surface area contributed by atoms with Gasteiger partial charge in [0, 0.05) is 26.1 Å². The highest BCUT2D eigenvalue weighted by atomic mass is 32.1. The largest absolute Gasteiger partial charge is 0.481 e. The summed E-state index contributed by atoms with van der Waals surface area (Å²) in [6.45, 7) is 1.26. The standard InChI is InChI=1S/C14H18N2O4S/c17-12(16-7-5-10(9-16)14(19)20)4-1-6-15-13(18)11-3-2-8-21-11/h2-3,8,10H,1,4-7,9H2,(H,15,18)(H,19,20). The van der Waals surface area contributed by atoms with Gasteiger partial charge < -0.3 is 15.3 Å². The Bertz CT molecular complexity index is 515. The Hall–Kier alpha value is -1.89. The van der Waals surface area contributed by atoms with Crippen LogP contribution in [0.5, 0.6) is 0 Å². The van der Waals surface area contributed by atoms with Crippen molar-refractivity contribution in [2.24, 2.45) is 5.92 Å². The van der Waals surface area contributed by atoms with E-state index in [0.29, 0.717) is 43.8 Å². The predicted octanol–water partition coefficient (Wildman–Crippen LogP) is 1.19. The van der Waals surface area contributed by atoms with Crippen LogP contribution in [0.3, 0.4) is 0 Å². The molecule has 6 nitrogen and oxygen atoms in total. The molecule has 1 aliphatic rings. The van der Waals surface area contributed by atoms with E-state index in [0.717, 1.165) is 0 Å². The van der Waals surface area contributed by atoms with Gasteiger partial charge in [-0.05, 0) is 24.3 Å². The smallest absolute Gasteiger partial charge is 0.308 e. The molecule has 1 unspecified atom stereocenters. The van der Waals surface area contributed by atoms with Gasteiger partial charge in [0.05, 0.1) is 10.8 Å². The number of likely N-dealkylation sites (tertiary alicyclic amines) is 1. The lowest BCUT2D eigenvalue weighted by Gasteiger charge is -2.15. The highest BCUT2D eigenvalue weighted by molar-refractivity contribution is 7.12. The third-order valence-electron chi connectivity index (χ3n) is 3.49. The normalized spacial score (nSPS) is 17.7. The van der Waals surface area contributed by atoms with Crippen molar-refractivity contribution in [1.29, 1.82) is 0 Å². The monoisotopic (exact) mass is 310 g/mol. The molecule has 21 heavy (non-hydrogen) atoms. The Morgan fingerprint density at radius 2 is 2.24 bits per heavy atom. The lowest BCUT2D eigenvalue weighted by molar-refractivity contribution is -0.141. The van der Waals surface area contributed by atoms with Crippen LogP contribution in [0.2, 0.25) is 0 Å². The molecule has 1 atom stereocenters. The van der Waals surface area contributed by atoms with E-state index in [4.69, 9.17) is 5.11 Å². The van der Waals surface area contributed by atoms with Crippen LogP contribution in [-0.4, -0.2) is 47.4 Å². The first kappa shape index (κ1) is 15.5. The molecule has 0 saturated carbocycles. The minimum absolute atomic E-state index is 0.0378. The molecule has 1 aliphatic heterocycles. The number of carbonyl (C=O) groups is 3. The molecule has 7 heteroatoms. The maximum atomic E-state index is 11.9. The zero-order valence-corrected chi connectivity index (χ0v) is 12.4. The average Bonchev–Trinajstić information content (AvgIpc) is 3.13. The van der Waals surface area contributed by atoms with E-state index >= 15 is 0 Å². The number of carbonyl (C=O) groups excluding carboxylic acids is 2. The first-order chi connectivity index (χ1) is 10.1. The zero-order valence-electron chi connectivity index (χ0n) is 11.6. The van der Waals surface area contributed by atoms with E-state index in [1.54, 1.807) is 11.0 Å². The van der Waals surface area contributed by atoms with Gasteiger partial charge in [-0.15, -0.1) is 11.3 Å². The fraction of sp³-hybridized carbons (Fsp3) is 0.500. The Morgan fingerprint density at radius 3 is 2.86 bits per heavy atom. The Balaban J connectivity index is 1.64. The first-order valence-corrected chi connectivity index (χ1v) is 7.78. The molecule has 0 aromatic carbocycles. The quantitative estimate of drug-likeness (QED) is 0.773. The van der Waals surface area contributed by atoms with Crippen LogP contribution < -0.4 is 5.32 Å². The van der Waals surface area contributed by atoms with E-state index < -0.39 is 11.9 Å². The second-order valence-corrected chi connectivity index (χ2v) is 5.95. The second-order valence-electron chi connectivity index (χ2n) is 5.00. The summed E-state index contributed by atoms with van der Waals surface area (Å²) < 4.78 is 0. The predicted molar refractivity (Wildman–Crippen MR) is 78.2 cm³/mol. The average molecular weight is 310 g/mol. The number of rotatable bonds is 6. The van der Waals surface area contributed by atoms with Crippen molar-refractivity contribution in [3.05, 3.63) is 22.4 Å². The van der Waals surface area contributed by atoms with E-state index in [2.05, 4.69) is 5.32 Å². The molecular weight excluding hydrogens is 292 g/mol. The van der Waals surface area contributed by atoms with Crippen molar-refractivity contribution in [1.82, 2.24) is 10.2 Å². The number of nitrogens with one attached hydrogen (secondary N) is 1. The van der Waals surface area contributed by atoms with Crippen LogP contribution in [0, 0.1) is 5.92 Å². The lowest BCUT2D eigenvalue weighted by atomic mass is 10.1. The number of amides is 2. The number of nitrogens with zero attached hydrogens (tertiary/aromatic N) is 1. The van der Waals surface area contributed by atoms with Crippen molar-refractivity contribution in [3.8, 4) is 0 Å². The molecule has 114 valence electrons. The topological polar surface area (TPSA) is 86.7 Å². The number of hydrogen-bond acceptors (Lipinski definition) is 4. The summed E-state index contributed by atoms with van der Waals surface area (Å²) in [4.78, 5) is 36.7.